The third kappa shape index (κ3) is 6.39. The van der Waals surface area contributed by atoms with E-state index in [1.54, 1.807) is 36.5 Å². The van der Waals surface area contributed by atoms with Crippen LogP contribution in [-0.4, -0.2) is 78.6 Å². The largest absolute Gasteiger partial charge is 0.481 e. The highest BCUT2D eigenvalue weighted by Gasteiger charge is 2.46. The number of hydrogen-bond donors (Lipinski definition) is 3. The molecule has 2 aromatic carbocycles. The Kier molecular flexibility index (Phi) is 10.0. The van der Waals surface area contributed by atoms with Crippen LogP contribution in [0.3, 0.4) is 0 Å². The van der Waals surface area contributed by atoms with Crippen LogP contribution in [0.1, 0.15) is 29.0 Å². The van der Waals surface area contributed by atoms with Crippen molar-refractivity contribution in [3.63, 3.8) is 0 Å². The Bertz CT molecular complexity index is 1490. The minimum atomic E-state index is -1.68. The Morgan fingerprint density at radius 3 is 2.37 bits per heavy atom. The zero-order valence-corrected chi connectivity index (χ0v) is 25.0. The summed E-state index contributed by atoms with van der Waals surface area (Å²) < 4.78 is 23.5. The third-order valence-corrected chi connectivity index (χ3v) is 7.37. The van der Waals surface area contributed by atoms with Gasteiger partial charge in [0.1, 0.15) is 5.60 Å². The average molecular weight is 629 g/mol. The van der Waals surface area contributed by atoms with Gasteiger partial charge in [-0.05, 0) is 63.0 Å². The van der Waals surface area contributed by atoms with Crippen molar-refractivity contribution in [3.05, 3.63) is 82.0 Å². The van der Waals surface area contributed by atoms with Crippen LogP contribution in [-0.2, 0) is 5.60 Å². The fraction of sp³-hybridized carbons (Fsp3) is 0.333. The molecule has 0 fully saturated rings. The van der Waals surface area contributed by atoms with Gasteiger partial charge in [-0.3, -0.25) is 0 Å². The second-order valence-corrected chi connectivity index (χ2v) is 10.5. The van der Waals surface area contributed by atoms with Crippen LogP contribution >= 0.6 is 15.9 Å². The molecule has 218 valence electrons. The van der Waals surface area contributed by atoms with Gasteiger partial charge >= 0.3 is 0 Å². The zero-order chi connectivity index (χ0) is 29.6. The van der Waals surface area contributed by atoms with Gasteiger partial charge in [0, 0.05) is 39.3 Å². The number of aromatic nitrogens is 2. The number of pyridine rings is 2. The molecule has 0 spiro atoms. The first-order valence-corrected chi connectivity index (χ1v) is 13.7. The summed E-state index contributed by atoms with van der Waals surface area (Å²) in [4.78, 5) is 11.1. The molecule has 0 bridgehead atoms. The second-order valence-electron chi connectivity index (χ2n) is 9.62. The maximum Gasteiger partial charge on any atom is 0.219 e. The normalized spacial score (nSPS) is 13.6. The Balaban J connectivity index is 2.14. The van der Waals surface area contributed by atoms with Crippen LogP contribution < -0.4 is 18.9 Å². The van der Waals surface area contributed by atoms with Gasteiger partial charge in [-0.2, -0.15) is 0 Å². The molecule has 41 heavy (non-hydrogen) atoms. The SMILES string of the molecule is COc1nc2ccc(Br)cc2cc1[C@@H](c1cccc(OCO)c1OCO)[C@@](O)(CCN(C)C)c1cccnc1OC. The summed E-state index contributed by atoms with van der Waals surface area (Å²) in [5, 5.41) is 33.3. The molecule has 10 nitrogen and oxygen atoms in total. The highest BCUT2D eigenvalue weighted by Crippen LogP contribution is 2.52. The van der Waals surface area contributed by atoms with Gasteiger partial charge in [0.15, 0.2) is 25.1 Å². The van der Waals surface area contributed by atoms with E-state index < -0.39 is 25.1 Å². The predicted molar refractivity (Wildman–Crippen MR) is 158 cm³/mol. The first-order valence-electron chi connectivity index (χ1n) is 12.9. The van der Waals surface area contributed by atoms with Crippen molar-refractivity contribution in [2.45, 2.75) is 17.9 Å². The Morgan fingerprint density at radius 1 is 0.927 bits per heavy atom. The molecule has 0 radical (unpaired) electrons. The summed E-state index contributed by atoms with van der Waals surface area (Å²) >= 11 is 3.54. The van der Waals surface area contributed by atoms with Crippen LogP contribution in [0.15, 0.2) is 65.3 Å². The molecule has 0 aliphatic rings. The lowest BCUT2D eigenvalue weighted by Crippen LogP contribution is -2.38. The van der Waals surface area contributed by atoms with Crippen LogP contribution in [0.4, 0.5) is 0 Å². The molecular formula is C30H34BrN3O7. The number of hydrogen-bond acceptors (Lipinski definition) is 10. The van der Waals surface area contributed by atoms with E-state index in [0.29, 0.717) is 34.6 Å². The number of methoxy groups -OCH3 is 2. The van der Waals surface area contributed by atoms with Crippen molar-refractivity contribution < 1.29 is 34.3 Å². The number of para-hydroxylation sites is 1. The molecule has 11 heteroatoms. The third-order valence-electron chi connectivity index (χ3n) is 6.87. The highest BCUT2D eigenvalue weighted by molar-refractivity contribution is 9.10. The standard InChI is InChI=1S/C30H34BrN3O7/c1-34(2)14-12-30(37,23-8-6-13-32-29(23)39-4)26(21-7-5-9-25(40-17-35)27(21)41-18-36)22-16-19-15-20(31)10-11-24(19)33-28(22)38-3/h5-11,13,15-16,26,35-37H,12,14,17-18H2,1-4H3/t26-,30-/m1/s1. The molecule has 0 amide bonds. The molecule has 0 aliphatic carbocycles. The van der Waals surface area contributed by atoms with E-state index in [9.17, 15) is 15.3 Å². The van der Waals surface area contributed by atoms with E-state index in [4.69, 9.17) is 23.9 Å². The smallest absolute Gasteiger partial charge is 0.219 e. The minimum Gasteiger partial charge on any atom is -0.481 e. The first kappa shape index (κ1) is 30.5. The second kappa shape index (κ2) is 13.5. The fourth-order valence-corrected chi connectivity index (χ4v) is 5.45. The van der Waals surface area contributed by atoms with Crippen molar-refractivity contribution >= 4 is 26.8 Å². The Labute approximate surface area is 247 Å². The Hall–Kier alpha value is -3.48. The van der Waals surface area contributed by atoms with E-state index in [0.717, 1.165) is 9.86 Å². The maximum atomic E-state index is 13.0. The predicted octanol–water partition coefficient (Wildman–Crippen LogP) is 4.04. The van der Waals surface area contributed by atoms with Gasteiger partial charge < -0.3 is 39.2 Å². The molecule has 4 rings (SSSR count). The number of aliphatic hydroxyl groups is 3. The van der Waals surface area contributed by atoms with Gasteiger partial charge in [-0.15, -0.1) is 0 Å². The molecular weight excluding hydrogens is 594 g/mol. The van der Waals surface area contributed by atoms with Crippen molar-refractivity contribution in [1.82, 2.24) is 14.9 Å². The van der Waals surface area contributed by atoms with Crippen LogP contribution in [0.5, 0.6) is 23.3 Å². The van der Waals surface area contributed by atoms with E-state index >= 15 is 0 Å². The van der Waals surface area contributed by atoms with E-state index in [2.05, 4.69) is 20.9 Å². The highest BCUT2D eigenvalue weighted by atomic mass is 79.9. The number of halogens is 1. The lowest BCUT2D eigenvalue weighted by atomic mass is 9.71. The Morgan fingerprint density at radius 2 is 1.68 bits per heavy atom. The molecule has 2 aromatic heterocycles. The molecule has 3 N–H and O–H groups in total. The summed E-state index contributed by atoms with van der Waals surface area (Å²) in [6, 6.07) is 16.2. The molecule has 2 atom stereocenters. The summed E-state index contributed by atoms with van der Waals surface area (Å²) in [6.45, 7) is -0.799. The van der Waals surface area contributed by atoms with E-state index in [-0.39, 0.29) is 23.8 Å². The molecule has 2 heterocycles. The molecule has 0 saturated carbocycles. The number of aliphatic hydroxyl groups excluding tert-OH is 2. The van der Waals surface area contributed by atoms with Gasteiger partial charge in [0.2, 0.25) is 11.8 Å². The maximum absolute atomic E-state index is 13.0. The van der Waals surface area contributed by atoms with Gasteiger partial charge in [0.05, 0.1) is 25.7 Å². The van der Waals surface area contributed by atoms with Gasteiger partial charge in [-0.25, -0.2) is 9.97 Å². The number of fused-ring (bicyclic) bond motifs is 1. The number of rotatable bonds is 13. The number of ether oxygens (including phenoxy) is 4. The number of nitrogens with zero attached hydrogens (tertiary/aromatic N) is 3. The lowest BCUT2D eigenvalue weighted by molar-refractivity contribution is -0.000631. The van der Waals surface area contributed by atoms with E-state index in [1.165, 1.54) is 14.2 Å². The van der Waals surface area contributed by atoms with Gasteiger partial charge in [-0.1, -0.05) is 28.1 Å². The molecule has 0 aliphatic heterocycles. The van der Waals surface area contributed by atoms with Crippen molar-refractivity contribution in [2.75, 3.05) is 48.4 Å². The van der Waals surface area contributed by atoms with Crippen molar-refractivity contribution in [3.8, 4) is 23.3 Å². The van der Waals surface area contributed by atoms with Crippen LogP contribution in [0.2, 0.25) is 0 Å². The number of benzene rings is 2. The fourth-order valence-electron chi connectivity index (χ4n) is 5.07. The minimum absolute atomic E-state index is 0.150. The summed E-state index contributed by atoms with van der Waals surface area (Å²) in [5.74, 6) is -0.0274. The van der Waals surface area contributed by atoms with E-state index in [1.807, 2.05) is 43.3 Å². The molecule has 0 saturated heterocycles. The summed E-state index contributed by atoms with van der Waals surface area (Å²) in [6.07, 6.45) is 1.82. The van der Waals surface area contributed by atoms with Crippen molar-refractivity contribution in [1.29, 1.82) is 0 Å². The first-order chi connectivity index (χ1) is 19.8. The lowest BCUT2D eigenvalue weighted by Gasteiger charge is -2.39. The zero-order valence-electron chi connectivity index (χ0n) is 23.4. The summed E-state index contributed by atoms with van der Waals surface area (Å²) in [5.41, 5.74) is 0.478. The molecule has 0 unspecified atom stereocenters. The topological polar surface area (TPSA) is 127 Å². The van der Waals surface area contributed by atoms with Crippen LogP contribution in [0, 0.1) is 0 Å². The van der Waals surface area contributed by atoms with Gasteiger partial charge in [0.25, 0.3) is 0 Å². The quantitative estimate of drug-likeness (QED) is 0.187. The average Bonchev–Trinajstić information content (AvgIpc) is 2.97. The molecule has 4 aromatic rings. The van der Waals surface area contributed by atoms with Crippen LogP contribution in [0.25, 0.3) is 10.9 Å². The summed E-state index contributed by atoms with van der Waals surface area (Å²) in [7, 11) is 6.86. The van der Waals surface area contributed by atoms with Crippen molar-refractivity contribution in [2.24, 2.45) is 0 Å². The monoisotopic (exact) mass is 627 g/mol.